The van der Waals surface area contributed by atoms with Crippen molar-refractivity contribution in [1.82, 2.24) is 39.1 Å². The first-order valence-electron chi connectivity index (χ1n) is 32.1. The zero-order valence-electron chi connectivity index (χ0n) is 53.5. The van der Waals surface area contributed by atoms with E-state index in [9.17, 15) is 38.7 Å². The fourth-order valence-corrected chi connectivity index (χ4v) is 12.1. The lowest BCUT2D eigenvalue weighted by Crippen LogP contribution is -2.54. The maximum Gasteiger partial charge on any atom is 0.508 e. The van der Waals surface area contributed by atoms with Crippen molar-refractivity contribution in [2.75, 3.05) is 76.3 Å². The lowest BCUT2D eigenvalue weighted by atomic mass is 9.99. The molecule has 0 bridgehead atoms. The van der Waals surface area contributed by atoms with Gasteiger partial charge in [0.1, 0.15) is 61.7 Å². The summed E-state index contributed by atoms with van der Waals surface area (Å²) in [5.41, 5.74) is 3.81. The summed E-state index contributed by atoms with van der Waals surface area (Å²) in [5, 5.41) is 18.1. The number of esters is 2. The van der Waals surface area contributed by atoms with Crippen LogP contribution in [-0.2, 0) is 51.1 Å². The molecule has 4 N–H and O–H groups in total. The number of rotatable bonds is 20. The highest BCUT2D eigenvalue weighted by Gasteiger charge is 2.41. The number of terminal acetylenes is 2. The van der Waals surface area contributed by atoms with Gasteiger partial charge in [-0.05, 0) is 111 Å². The number of carbonyl (C=O) groups excluding carboxylic acids is 5. The summed E-state index contributed by atoms with van der Waals surface area (Å²) in [4.78, 5) is 101. The third-order valence-corrected chi connectivity index (χ3v) is 16.9. The number of nitrogens with one attached hydrogen (secondary N) is 3. The molecule has 0 saturated carbocycles. The lowest BCUT2D eigenvalue weighted by Gasteiger charge is -2.44. The molecule has 4 unspecified atom stereocenters. The highest BCUT2D eigenvalue weighted by Crippen LogP contribution is 2.32. The number of aliphatic hydroxyl groups is 1. The van der Waals surface area contributed by atoms with E-state index in [-0.39, 0.29) is 51.6 Å². The highest BCUT2D eigenvalue weighted by molar-refractivity contribution is 6.04. The smallest absolute Gasteiger partial charge is 0.460 e. The van der Waals surface area contributed by atoms with E-state index in [1.807, 2.05) is 36.4 Å². The van der Waals surface area contributed by atoms with E-state index in [2.05, 4.69) is 64.6 Å². The van der Waals surface area contributed by atoms with E-state index in [1.165, 1.54) is 105 Å². The van der Waals surface area contributed by atoms with Crippen LogP contribution >= 0.6 is 0 Å². The first kappa shape index (κ1) is 70.0. The zero-order valence-corrected chi connectivity index (χ0v) is 53.5. The molecule has 0 radical (unpaired) electrons. The lowest BCUT2D eigenvalue weighted by molar-refractivity contribution is -0.151. The van der Waals surface area contributed by atoms with Crippen molar-refractivity contribution < 1.29 is 58.9 Å². The van der Waals surface area contributed by atoms with Gasteiger partial charge >= 0.3 is 29.5 Å². The van der Waals surface area contributed by atoms with Gasteiger partial charge in [0.25, 0.3) is 11.8 Å². The molecule has 2 aromatic heterocycles. The van der Waals surface area contributed by atoms with Crippen LogP contribution in [-0.4, -0.2) is 171 Å². The average Bonchev–Trinajstić information content (AvgIpc) is 1.66. The normalized spacial score (nSPS) is 21.5. The van der Waals surface area contributed by atoms with Gasteiger partial charge in [-0.2, -0.15) is 9.97 Å². The van der Waals surface area contributed by atoms with E-state index in [0.29, 0.717) is 30.3 Å². The Hall–Kier alpha value is -9.37. The Morgan fingerprint density at radius 2 is 1.22 bits per heavy atom. The molecule has 4 aromatic carbocycles. The molecule has 5 aliphatic rings. The van der Waals surface area contributed by atoms with E-state index in [0.717, 1.165) is 55.2 Å². The van der Waals surface area contributed by atoms with Gasteiger partial charge < -0.3 is 49.5 Å². The van der Waals surface area contributed by atoms with Gasteiger partial charge in [-0.25, -0.2) is 14.4 Å². The van der Waals surface area contributed by atoms with Crippen LogP contribution < -0.4 is 27.3 Å². The Kier molecular flexibility index (Phi) is 25.9. The Labute approximate surface area is 553 Å². The maximum absolute atomic E-state index is 12.9. The Balaban J connectivity index is 0.000000208. The van der Waals surface area contributed by atoms with E-state index >= 15 is 0 Å². The van der Waals surface area contributed by atoms with Crippen LogP contribution in [0.4, 0.5) is 16.4 Å². The zero-order chi connectivity index (χ0) is 67.1. The molecule has 95 heavy (non-hydrogen) atoms. The number of fused-ring (bicyclic) bond motifs is 1. The molecule has 5 aliphatic heterocycles. The van der Waals surface area contributed by atoms with Crippen LogP contribution in [0.25, 0.3) is 0 Å². The first-order chi connectivity index (χ1) is 46.1. The van der Waals surface area contributed by atoms with Crippen LogP contribution in [0.5, 0.6) is 0 Å². The molecule has 0 aliphatic carbocycles. The third kappa shape index (κ3) is 21.1. The summed E-state index contributed by atoms with van der Waals surface area (Å²) in [6, 6.07) is 37.4. The molecule has 24 heteroatoms. The van der Waals surface area contributed by atoms with Gasteiger partial charge in [-0.1, -0.05) is 85.3 Å². The molecule has 0 spiro atoms. The number of hydrogen-bond donors (Lipinski definition) is 4. The number of amides is 2. The van der Waals surface area contributed by atoms with Crippen molar-refractivity contribution in [2.45, 2.75) is 127 Å². The minimum Gasteiger partial charge on any atom is -0.460 e. The molecule has 2 amide bonds. The standard InChI is InChI=1S/C36H41N5O8.C18H19N3O6.C17H22N2.H2/c1-3-26-12-14-27(15-13-26)22-40(23-29-11-7-8-17-37-29)19-20-46-36(45)47-24-31-30(48-25(2)42)21-33(49-31)41-18-16-32(39-35(41)44)38-34(43)28-9-5-4-6-10-28;1-11(23)26-13-9-16(27-14(13)10-22)21-8-7-15(20-18(21)25)19-17(24)12-5-3-2-4-6-12;1-2-15-6-8-16(9-7-15)13-18-11-12-19-10-4-3-5-17(19)14-18;/h1,4-6,9-10,12-16,18,29-31,33,37H,7-8,11,17,19-24H2,2H3,(H,38,39,43,44);2-8,13-14,16,22H,9-10H2,1H3,(H,19,20,24,25);1,6-9,17H,3-5,10-14H2;1H/t29?,30?,31-,33-;13?,14-,16-;;/m11../s1. The van der Waals surface area contributed by atoms with Crippen LogP contribution in [0.3, 0.4) is 0 Å². The number of hydrogen-bond acceptors (Lipinski definition) is 20. The topological polar surface area (TPSA) is 277 Å². The van der Waals surface area contributed by atoms with Crippen molar-refractivity contribution in [3.63, 3.8) is 0 Å². The monoisotopic (exact) mass is 1300 g/mol. The summed E-state index contributed by atoms with van der Waals surface area (Å²) in [6.45, 7) is 11.0. The van der Waals surface area contributed by atoms with E-state index in [1.54, 1.807) is 60.7 Å². The van der Waals surface area contributed by atoms with Crippen LogP contribution in [0.2, 0.25) is 0 Å². The van der Waals surface area contributed by atoms with Gasteiger partial charge in [0, 0.05) is 121 Å². The maximum atomic E-state index is 12.9. The number of anilines is 2. The highest BCUT2D eigenvalue weighted by atomic mass is 16.7. The summed E-state index contributed by atoms with van der Waals surface area (Å²) in [7, 11) is 0. The molecule has 11 rings (SSSR count). The molecule has 502 valence electrons. The van der Waals surface area contributed by atoms with Crippen molar-refractivity contribution in [1.29, 1.82) is 0 Å². The molecule has 5 fully saturated rings. The molecule has 8 atom stereocenters. The second kappa shape index (κ2) is 35.2. The molecule has 5 saturated heterocycles. The summed E-state index contributed by atoms with van der Waals surface area (Å²) in [6.07, 6.45) is 16.2. The minimum absolute atomic E-state index is 0. The number of benzene rings is 4. The van der Waals surface area contributed by atoms with Crippen molar-refractivity contribution in [2.24, 2.45) is 0 Å². The van der Waals surface area contributed by atoms with E-state index < -0.39 is 72.3 Å². The van der Waals surface area contributed by atoms with Crippen molar-refractivity contribution in [3.05, 3.63) is 188 Å². The van der Waals surface area contributed by atoms with Gasteiger partial charge in [0.2, 0.25) is 0 Å². The predicted octanol–water partition coefficient (Wildman–Crippen LogP) is 6.78. The quantitative estimate of drug-likeness (QED) is 0.0348. The molecule has 6 aromatic rings. The van der Waals surface area contributed by atoms with E-state index in [4.69, 9.17) is 41.3 Å². The minimum atomic E-state index is -0.889. The second-order valence-corrected chi connectivity index (χ2v) is 23.7. The number of aliphatic hydroxyl groups excluding tert-OH is 1. The third-order valence-electron chi connectivity index (χ3n) is 16.9. The molecule has 24 nitrogen and oxygen atoms in total. The Bertz CT molecular complexity index is 3730. The Morgan fingerprint density at radius 1 is 0.674 bits per heavy atom. The van der Waals surface area contributed by atoms with Gasteiger partial charge in [0.05, 0.1) is 6.61 Å². The van der Waals surface area contributed by atoms with Crippen LogP contribution in [0.15, 0.2) is 143 Å². The summed E-state index contributed by atoms with van der Waals surface area (Å²) < 4.78 is 35.3. The fraction of sp³-hybridized carbons (Fsp3) is 0.423. The van der Waals surface area contributed by atoms with Crippen LogP contribution in [0, 0.1) is 24.7 Å². The molecular weight excluding hydrogens is 1220 g/mol. The second-order valence-electron chi connectivity index (χ2n) is 23.7. The summed E-state index contributed by atoms with van der Waals surface area (Å²) in [5.74, 6) is 3.65. The number of piperazine rings is 1. The predicted molar refractivity (Wildman–Crippen MR) is 355 cm³/mol. The fourth-order valence-electron chi connectivity index (χ4n) is 12.1. The average molecular weight is 1300 g/mol. The summed E-state index contributed by atoms with van der Waals surface area (Å²) >= 11 is 0. The first-order valence-corrected chi connectivity index (χ1v) is 32.1. The van der Waals surface area contributed by atoms with Crippen LogP contribution in [0.1, 0.15) is 122 Å². The largest absolute Gasteiger partial charge is 0.508 e. The number of ether oxygens (including phenoxy) is 6. The molecule has 7 heterocycles. The Morgan fingerprint density at radius 3 is 1.75 bits per heavy atom. The number of nitrogens with zero attached hydrogens (tertiary/aromatic N) is 7. The van der Waals surface area contributed by atoms with Crippen molar-refractivity contribution in [3.8, 4) is 24.7 Å². The van der Waals surface area contributed by atoms with Gasteiger partial charge in [0.15, 0.2) is 0 Å². The number of aromatic nitrogens is 4. The van der Waals surface area contributed by atoms with Crippen molar-refractivity contribution >= 4 is 41.5 Å². The number of piperidine rings is 2. The number of carbonyl (C=O) groups is 5. The van der Waals surface area contributed by atoms with Gasteiger partial charge in [-0.3, -0.25) is 43.0 Å². The molecular formula is C71H84N10O14. The van der Waals surface area contributed by atoms with Gasteiger partial charge in [-0.15, -0.1) is 12.8 Å². The SMILES string of the molecule is C#Cc1ccc(CN(CCOC(=O)OC[C@H]2O[C@@H](n3ccc(NC(=O)c4ccccc4)nc3=O)CC2OC(C)=O)CC2CCCCN2)cc1.C#Cc1ccc(CN2CCN3CCCCC3C2)cc1.CC(=O)OC1C[C@H](n2ccc(NC(=O)c3ccccc3)nc2=O)O[C@@H]1CO.[HH].